The van der Waals surface area contributed by atoms with Crippen LogP contribution >= 0.6 is 0 Å². The number of halogens is 1. The molecule has 0 saturated heterocycles. The summed E-state index contributed by atoms with van der Waals surface area (Å²) in [6.07, 6.45) is 0.369. The lowest BCUT2D eigenvalue weighted by Crippen LogP contribution is -2.53. The SMILES string of the molecule is CC[C@H](C(=O)NC(C)(C)C)N(Cc1ccc(F)cc1)C(=O)CCCN1C(=O)c2ccccc2S1(=O)=O. The van der Waals surface area contributed by atoms with Crippen LogP contribution in [0.4, 0.5) is 4.39 Å². The third-order valence-corrected chi connectivity index (χ3v) is 7.65. The number of fused-ring (bicyclic) bond motifs is 1. The molecule has 1 atom stereocenters. The first-order valence-electron chi connectivity index (χ1n) is 11.9. The van der Waals surface area contributed by atoms with E-state index in [0.717, 1.165) is 4.31 Å². The number of rotatable bonds is 9. The molecule has 0 bridgehead atoms. The number of nitrogens with one attached hydrogen (secondary N) is 1. The van der Waals surface area contributed by atoms with Gasteiger partial charge in [-0.2, -0.15) is 0 Å². The lowest BCUT2D eigenvalue weighted by molar-refractivity contribution is -0.142. The summed E-state index contributed by atoms with van der Waals surface area (Å²) in [6.45, 7) is 7.25. The average Bonchev–Trinajstić information content (AvgIpc) is 2.99. The molecule has 2 aromatic carbocycles. The van der Waals surface area contributed by atoms with E-state index < -0.39 is 33.3 Å². The number of nitrogens with zero attached hydrogens (tertiary/aromatic N) is 2. The number of benzene rings is 2. The molecule has 36 heavy (non-hydrogen) atoms. The minimum atomic E-state index is -3.96. The van der Waals surface area contributed by atoms with Crippen molar-refractivity contribution < 1.29 is 27.2 Å². The molecule has 3 amide bonds. The highest BCUT2D eigenvalue weighted by Crippen LogP contribution is 2.30. The van der Waals surface area contributed by atoms with E-state index in [1.165, 1.54) is 29.2 Å². The second-order valence-electron chi connectivity index (χ2n) is 9.79. The molecule has 1 N–H and O–H groups in total. The van der Waals surface area contributed by atoms with Gasteiger partial charge in [0, 0.05) is 25.0 Å². The predicted octanol–water partition coefficient (Wildman–Crippen LogP) is 3.47. The summed E-state index contributed by atoms with van der Waals surface area (Å²) in [5.41, 5.74) is 0.264. The fourth-order valence-corrected chi connectivity index (χ4v) is 5.74. The van der Waals surface area contributed by atoms with Gasteiger partial charge in [0.05, 0.1) is 5.56 Å². The van der Waals surface area contributed by atoms with Crippen LogP contribution in [0, 0.1) is 5.82 Å². The Morgan fingerprint density at radius 3 is 2.31 bits per heavy atom. The Hall–Kier alpha value is -3.27. The first kappa shape index (κ1) is 27.3. The van der Waals surface area contributed by atoms with E-state index in [4.69, 9.17) is 0 Å². The number of hydrogen-bond acceptors (Lipinski definition) is 5. The summed E-state index contributed by atoms with van der Waals surface area (Å²) in [6, 6.07) is 10.9. The van der Waals surface area contributed by atoms with E-state index in [0.29, 0.717) is 12.0 Å². The van der Waals surface area contributed by atoms with E-state index in [1.807, 2.05) is 20.8 Å². The van der Waals surface area contributed by atoms with Gasteiger partial charge < -0.3 is 10.2 Å². The minimum Gasteiger partial charge on any atom is -0.350 e. The van der Waals surface area contributed by atoms with Crippen molar-refractivity contribution in [2.24, 2.45) is 0 Å². The van der Waals surface area contributed by atoms with Crippen molar-refractivity contribution in [2.75, 3.05) is 6.54 Å². The maximum atomic E-state index is 13.4. The van der Waals surface area contributed by atoms with Crippen LogP contribution in [0.15, 0.2) is 53.4 Å². The highest BCUT2D eigenvalue weighted by molar-refractivity contribution is 7.90. The zero-order valence-corrected chi connectivity index (χ0v) is 21.8. The van der Waals surface area contributed by atoms with E-state index >= 15 is 0 Å². The van der Waals surface area contributed by atoms with Crippen molar-refractivity contribution in [3.05, 3.63) is 65.5 Å². The first-order valence-corrected chi connectivity index (χ1v) is 13.3. The van der Waals surface area contributed by atoms with Crippen molar-refractivity contribution in [3.63, 3.8) is 0 Å². The minimum absolute atomic E-state index is 0.0378. The zero-order valence-electron chi connectivity index (χ0n) is 21.0. The Bertz CT molecular complexity index is 1240. The second-order valence-corrected chi connectivity index (χ2v) is 11.6. The van der Waals surface area contributed by atoms with Crippen molar-refractivity contribution in [2.45, 2.75) is 70.0 Å². The number of amides is 3. The van der Waals surface area contributed by atoms with Gasteiger partial charge in [0.2, 0.25) is 11.8 Å². The van der Waals surface area contributed by atoms with Gasteiger partial charge in [-0.3, -0.25) is 14.4 Å². The van der Waals surface area contributed by atoms with Crippen molar-refractivity contribution >= 4 is 27.7 Å². The number of carbonyl (C=O) groups excluding carboxylic acids is 3. The monoisotopic (exact) mass is 517 g/mol. The Balaban J connectivity index is 1.76. The van der Waals surface area contributed by atoms with Gasteiger partial charge in [-0.15, -0.1) is 0 Å². The molecule has 0 fully saturated rings. The average molecular weight is 518 g/mol. The third kappa shape index (κ3) is 6.10. The lowest BCUT2D eigenvalue weighted by atomic mass is 10.0. The van der Waals surface area contributed by atoms with Crippen LogP contribution in [0.2, 0.25) is 0 Å². The van der Waals surface area contributed by atoms with Crippen LogP contribution in [0.25, 0.3) is 0 Å². The molecule has 194 valence electrons. The molecule has 1 heterocycles. The van der Waals surface area contributed by atoms with E-state index in [1.54, 1.807) is 31.2 Å². The smallest absolute Gasteiger partial charge is 0.269 e. The topological polar surface area (TPSA) is 104 Å². The molecule has 10 heteroatoms. The molecule has 0 aliphatic carbocycles. The predicted molar refractivity (Wildman–Crippen MR) is 133 cm³/mol. The highest BCUT2D eigenvalue weighted by atomic mass is 32.2. The van der Waals surface area contributed by atoms with E-state index in [-0.39, 0.29) is 48.2 Å². The fraction of sp³-hybridized carbons (Fsp3) is 0.423. The zero-order chi connectivity index (χ0) is 26.7. The molecule has 3 rings (SSSR count). The Labute approximate surface area is 211 Å². The van der Waals surface area contributed by atoms with Crippen molar-refractivity contribution in [1.82, 2.24) is 14.5 Å². The highest BCUT2D eigenvalue weighted by Gasteiger charge is 2.40. The summed E-state index contributed by atoms with van der Waals surface area (Å²) < 4.78 is 39.7. The van der Waals surface area contributed by atoms with E-state index in [9.17, 15) is 27.2 Å². The molecule has 1 aliphatic heterocycles. The standard InChI is InChI=1S/C26H32FN3O5S/c1-5-21(24(32)28-26(2,3)4)29(17-18-12-14-19(27)15-13-18)23(31)11-8-16-30-25(33)20-9-6-7-10-22(20)36(30,34)35/h6-7,9-10,12-15,21H,5,8,11,16-17H2,1-4H3,(H,28,32)/t21-/m1/s1. The van der Waals surface area contributed by atoms with Crippen LogP contribution in [0.3, 0.4) is 0 Å². The van der Waals surface area contributed by atoms with Crippen molar-refractivity contribution in [3.8, 4) is 0 Å². The van der Waals surface area contributed by atoms with Crippen LogP contribution in [0.5, 0.6) is 0 Å². The molecule has 0 saturated carbocycles. The molecule has 0 spiro atoms. The van der Waals surface area contributed by atoms with Gasteiger partial charge in [0.1, 0.15) is 16.8 Å². The van der Waals surface area contributed by atoms with Gasteiger partial charge in [-0.05, 0) is 63.4 Å². The molecule has 1 aliphatic rings. The van der Waals surface area contributed by atoms with Crippen LogP contribution in [-0.2, 0) is 26.2 Å². The van der Waals surface area contributed by atoms with Gasteiger partial charge in [-0.25, -0.2) is 17.1 Å². The quantitative estimate of drug-likeness (QED) is 0.549. The van der Waals surface area contributed by atoms with Crippen LogP contribution in [0.1, 0.15) is 62.9 Å². The summed E-state index contributed by atoms with van der Waals surface area (Å²) in [5, 5.41) is 2.90. The van der Waals surface area contributed by atoms with Gasteiger partial charge in [0.15, 0.2) is 0 Å². The first-order chi connectivity index (χ1) is 16.8. The van der Waals surface area contributed by atoms with E-state index in [2.05, 4.69) is 5.32 Å². The normalized spacial score (nSPS) is 15.4. The molecular weight excluding hydrogens is 485 g/mol. The maximum absolute atomic E-state index is 13.4. The van der Waals surface area contributed by atoms with Gasteiger partial charge >= 0.3 is 0 Å². The van der Waals surface area contributed by atoms with Crippen molar-refractivity contribution in [1.29, 1.82) is 0 Å². The molecule has 0 aromatic heterocycles. The summed E-state index contributed by atoms with van der Waals surface area (Å²) in [5.74, 6) is -1.70. The molecule has 0 unspecified atom stereocenters. The number of carbonyl (C=O) groups is 3. The molecule has 0 radical (unpaired) electrons. The lowest BCUT2D eigenvalue weighted by Gasteiger charge is -2.33. The van der Waals surface area contributed by atoms with Crippen LogP contribution in [-0.4, -0.2) is 53.5 Å². The van der Waals surface area contributed by atoms with Gasteiger partial charge in [0.25, 0.3) is 15.9 Å². The summed E-state index contributed by atoms with van der Waals surface area (Å²) in [7, 11) is -3.96. The summed E-state index contributed by atoms with van der Waals surface area (Å²) >= 11 is 0. The Morgan fingerprint density at radius 2 is 1.72 bits per heavy atom. The maximum Gasteiger partial charge on any atom is 0.269 e. The third-order valence-electron chi connectivity index (χ3n) is 5.81. The number of sulfonamides is 1. The fourth-order valence-electron chi connectivity index (χ4n) is 4.13. The molecule has 2 aromatic rings. The second kappa shape index (κ2) is 10.8. The summed E-state index contributed by atoms with van der Waals surface area (Å²) in [4.78, 5) is 40.4. The number of hydrogen-bond donors (Lipinski definition) is 1. The van der Waals surface area contributed by atoms with Gasteiger partial charge in [-0.1, -0.05) is 31.2 Å². The Morgan fingerprint density at radius 1 is 1.08 bits per heavy atom. The molecule has 8 nitrogen and oxygen atoms in total. The van der Waals surface area contributed by atoms with Crippen LogP contribution < -0.4 is 5.32 Å². The largest absolute Gasteiger partial charge is 0.350 e. The Kier molecular flexibility index (Phi) is 8.18. The molecular formula is C26H32FN3O5S.